The molecule has 1 N–H and O–H groups in total. The summed E-state index contributed by atoms with van der Waals surface area (Å²) in [4.78, 5) is 0. The van der Waals surface area contributed by atoms with Crippen LogP contribution in [0.3, 0.4) is 0 Å². The van der Waals surface area contributed by atoms with E-state index in [2.05, 4.69) is 6.58 Å². The van der Waals surface area contributed by atoms with Gasteiger partial charge >= 0.3 is 0 Å². The molecule has 0 aliphatic heterocycles. The molecule has 0 aromatic carbocycles. The summed E-state index contributed by atoms with van der Waals surface area (Å²) in [5.41, 5.74) is 0.736. The van der Waals surface area contributed by atoms with Crippen LogP contribution in [0.5, 0.6) is 0 Å². The van der Waals surface area contributed by atoms with E-state index in [9.17, 15) is 0 Å². The third-order valence-corrected chi connectivity index (χ3v) is 0.866. The minimum absolute atomic E-state index is 0.736. The molecule has 0 aliphatic rings. The van der Waals surface area contributed by atoms with Gasteiger partial charge < -0.3 is 0 Å². The molecule has 0 amide bonds. The fourth-order valence-electron chi connectivity index (χ4n) is 0.229. The molecule has 0 atom stereocenters. The molecule has 0 bridgehead atoms. The Bertz CT molecular complexity index is 68.5. The third-order valence-electron chi connectivity index (χ3n) is 0.866. The molecule has 2 nitrogen and oxygen atoms in total. The van der Waals surface area contributed by atoms with Crippen LogP contribution < -0.4 is 0 Å². The molecule has 0 rings (SSSR count). The Kier molecular flexibility index (Phi) is 2.45. The lowest BCUT2D eigenvalue weighted by atomic mass is 10.4. The Morgan fingerprint density at radius 3 is 2.29 bits per heavy atom. The minimum atomic E-state index is 0.736. The number of rotatable bonds is 2. The summed E-state index contributed by atoms with van der Waals surface area (Å²) in [6.07, 6.45) is 0.799. The van der Waals surface area contributed by atoms with Crippen molar-refractivity contribution in [2.75, 3.05) is 7.05 Å². The van der Waals surface area contributed by atoms with Gasteiger partial charge in [-0.15, -0.1) is 0 Å². The molecule has 0 fully saturated rings. The largest absolute Gasteiger partial charge is 0.289 e. The Balaban J connectivity index is 3.35. The molecule has 0 unspecified atom stereocenters. The molecule has 0 radical (unpaired) electrons. The van der Waals surface area contributed by atoms with Crippen molar-refractivity contribution in [2.24, 2.45) is 0 Å². The molecule has 0 heterocycles. The molecule has 0 aromatic heterocycles. The summed E-state index contributed by atoms with van der Waals surface area (Å²) in [6, 6.07) is 0. The highest BCUT2D eigenvalue weighted by Gasteiger charge is 1.89. The standard InChI is InChI=1S/C5H11NO/c1-4-5(2)6(3)7/h7H,2,4H2,1,3H3. The lowest BCUT2D eigenvalue weighted by Gasteiger charge is -2.09. The van der Waals surface area contributed by atoms with Gasteiger partial charge in [0.15, 0.2) is 0 Å². The first-order chi connectivity index (χ1) is 3.18. The van der Waals surface area contributed by atoms with E-state index >= 15 is 0 Å². The van der Waals surface area contributed by atoms with Crippen molar-refractivity contribution in [3.8, 4) is 0 Å². The van der Waals surface area contributed by atoms with E-state index in [1.54, 1.807) is 7.05 Å². The fourth-order valence-corrected chi connectivity index (χ4v) is 0.229. The van der Waals surface area contributed by atoms with Crippen LogP contribution in [0.15, 0.2) is 12.3 Å². The van der Waals surface area contributed by atoms with Crippen LogP contribution in [0.25, 0.3) is 0 Å². The topological polar surface area (TPSA) is 23.5 Å². The average molecular weight is 101 g/mol. The van der Waals surface area contributed by atoms with Crippen LogP contribution in [0.4, 0.5) is 0 Å². The van der Waals surface area contributed by atoms with E-state index in [0.29, 0.717) is 0 Å². The van der Waals surface area contributed by atoms with Crippen molar-refractivity contribution in [2.45, 2.75) is 13.3 Å². The number of allylic oxidation sites excluding steroid dienone is 1. The van der Waals surface area contributed by atoms with Gasteiger partial charge in [-0.3, -0.25) is 10.3 Å². The first kappa shape index (κ1) is 6.50. The first-order valence-corrected chi connectivity index (χ1v) is 2.29. The summed E-state index contributed by atoms with van der Waals surface area (Å²) < 4.78 is 0. The van der Waals surface area contributed by atoms with E-state index in [1.807, 2.05) is 6.92 Å². The van der Waals surface area contributed by atoms with Gasteiger partial charge in [-0.1, -0.05) is 13.5 Å². The zero-order chi connectivity index (χ0) is 5.86. The molecule has 0 aromatic rings. The highest BCUT2D eigenvalue weighted by atomic mass is 16.5. The van der Waals surface area contributed by atoms with Crippen LogP contribution in [-0.4, -0.2) is 17.3 Å². The second kappa shape index (κ2) is 2.64. The van der Waals surface area contributed by atoms with Gasteiger partial charge in [0.2, 0.25) is 0 Å². The van der Waals surface area contributed by atoms with Crippen LogP contribution in [-0.2, 0) is 0 Å². The molecular weight excluding hydrogens is 90.1 g/mol. The van der Waals surface area contributed by atoms with Gasteiger partial charge in [0, 0.05) is 12.7 Å². The Hall–Kier alpha value is -0.500. The summed E-state index contributed by atoms with van der Waals surface area (Å²) in [5.74, 6) is 0. The quantitative estimate of drug-likeness (QED) is 0.529. The monoisotopic (exact) mass is 101 g/mol. The Morgan fingerprint density at radius 2 is 2.29 bits per heavy atom. The Morgan fingerprint density at radius 1 is 1.86 bits per heavy atom. The van der Waals surface area contributed by atoms with Gasteiger partial charge in [0.1, 0.15) is 0 Å². The second-order valence-corrected chi connectivity index (χ2v) is 1.44. The maximum Gasteiger partial charge on any atom is 0.0337 e. The smallest absolute Gasteiger partial charge is 0.0337 e. The van der Waals surface area contributed by atoms with Crippen LogP contribution >= 0.6 is 0 Å². The van der Waals surface area contributed by atoms with Crippen molar-refractivity contribution in [3.05, 3.63) is 12.3 Å². The number of hydrogen-bond acceptors (Lipinski definition) is 2. The van der Waals surface area contributed by atoms with Crippen molar-refractivity contribution in [1.29, 1.82) is 0 Å². The fraction of sp³-hybridized carbons (Fsp3) is 0.600. The maximum absolute atomic E-state index is 8.55. The van der Waals surface area contributed by atoms with Crippen molar-refractivity contribution >= 4 is 0 Å². The number of hydroxylamine groups is 2. The zero-order valence-electron chi connectivity index (χ0n) is 4.81. The third kappa shape index (κ3) is 2.23. The van der Waals surface area contributed by atoms with Crippen LogP contribution in [0.1, 0.15) is 13.3 Å². The highest BCUT2D eigenvalue weighted by molar-refractivity contribution is 4.85. The number of nitrogens with zero attached hydrogens (tertiary/aromatic N) is 1. The van der Waals surface area contributed by atoms with Crippen LogP contribution in [0, 0.1) is 0 Å². The van der Waals surface area contributed by atoms with Crippen molar-refractivity contribution in [1.82, 2.24) is 5.06 Å². The van der Waals surface area contributed by atoms with Crippen molar-refractivity contribution < 1.29 is 5.21 Å². The predicted octanol–water partition coefficient (Wildman–Crippen LogP) is 1.23. The maximum atomic E-state index is 8.55. The summed E-state index contributed by atoms with van der Waals surface area (Å²) in [5, 5.41) is 9.58. The molecule has 7 heavy (non-hydrogen) atoms. The minimum Gasteiger partial charge on any atom is -0.289 e. The van der Waals surface area contributed by atoms with E-state index in [4.69, 9.17) is 5.21 Å². The van der Waals surface area contributed by atoms with Gasteiger partial charge in [-0.2, -0.15) is 0 Å². The number of hydrogen-bond donors (Lipinski definition) is 1. The van der Waals surface area contributed by atoms with Crippen molar-refractivity contribution in [3.63, 3.8) is 0 Å². The summed E-state index contributed by atoms with van der Waals surface area (Å²) in [6.45, 7) is 5.49. The predicted molar refractivity (Wildman–Crippen MR) is 29.0 cm³/mol. The summed E-state index contributed by atoms with van der Waals surface area (Å²) in [7, 11) is 1.56. The molecule has 2 heteroatoms. The normalized spacial score (nSPS) is 8.43. The Labute approximate surface area is 44.0 Å². The second-order valence-electron chi connectivity index (χ2n) is 1.44. The van der Waals surface area contributed by atoms with Gasteiger partial charge in [-0.25, -0.2) is 0 Å². The van der Waals surface area contributed by atoms with Gasteiger partial charge in [0.25, 0.3) is 0 Å². The molecule has 0 spiro atoms. The average Bonchev–Trinajstić information content (AvgIpc) is 1.65. The first-order valence-electron chi connectivity index (χ1n) is 2.29. The lowest BCUT2D eigenvalue weighted by Crippen LogP contribution is -2.09. The van der Waals surface area contributed by atoms with Crippen LogP contribution in [0.2, 0.25) is 0 Å². The van der Waals surface area contributed by atoms with E-state index < -0.39 is 0 Å². The molecule has 42 valence electrons. The highest BCUT2D eigenvalue weighted by Crippen LogP contribution is 1.96. The van der Waals surface area contributed by atoms with E-state index in [0.717, 1.165) is 17.2 Å². The summed E-state index contributed by atoms with van der Waals surface area (Å²) >= 11 is 0. The molecule has 0 saturated carbocycles. The van der Waals surface area contributed by atoms with Gasteiger partial charge in [-0.05, 0) is 6.42 Å². The lowest BCUT2D eigenvalue weighted by molar-refractivity contribution is -0.0302. The zero-order valence-corrected chi connectivity index (χ0v) is 4.81. The van der Waals surface area contributed by atoms with Gasteiger partial charge in [0.05, 0.1) is 0 Å². The SMILES string of the molecule is C=C(CC)N(C)O. The molecule has 0 saturated heterocycles. The van der Waals surface area contributed by atoms with E-state index in [1.165, 1.54) is 0 Å². The molecule has 0 aliphatic carbocycles. The molecular formula is C5H11NO. The van der Waals surface area contributed by atoms with E-state index in [-0.39, 0.29) is 0 Å².